The minimum atomic E-state index is 0.890. The van der Waals surface area contributed by atoms with Gasteiger partial charge < -0.3 is 4.74 Å². The Balaban J connectivity index is 1.49. The van der Waals surface area contributed by atoms with Crippen molar-refractivity contribution in [3.05, 3.63) is 96.7 Å². The van der Waals surface area contributed by atoms with Gasteiger partial charge in [0.15, 0.2) is 6.20 Å². The average Bonchev–Trinajstić information content (AvgIpc) is 2.78. The van der Waals surface area contributed by atoms with Crippen LogP contribution in [0.25, 0.3) is 10.9 Å². The summed E-state index contributed by atoms with van der Waals surface area (Å²) in [6.07, 6.45) is 5.79. The highest BCUT2D eigenvalue weighted by molar-refractivity contribution is 7.99. The molecule has 0 spiro atoms. The van der Waals surface area contributed by atoms with Crippen LogP contribution in [0.5, 0.6) is 5.75 Å². The molecule has 4 rings (SSSR count). The zero-order valence-electron chi connectivity index (χ0n) is 16.8. The Bertz CT molecular complexity index is 1060. The fourth-order valence-electron chi connectivity index (χ4n) is 3.56. The van der Waals surface area contributed by atoms with Crippen LogP contribution >= 0.6 is 11.8 Å². The van der Waals surface area contributed by atoms with E-state index < -0.39 is 0 Å². The molecule has 3 aromatic carbocycles. The van der Waals surface area contributed by atoms with Crippen molar-refractivity contribution in [2.24, 2.45) is 0 Å². The van der Waals surface area contributed by atoms with Crippen LogP contribution in [0, 0.1) is 0 Å². The topological polar surface area (TPSA) is 13.1 Å². The lowest BCUT2D eigenvalue weighted by Crippen LogP contribution is -2.34. The number of unbranched alkanes of at least 4 members (excludes halogenated alkanes) is 1. The monoisotopic (exact) mass is 400 g/mol. The van der Waals surface area contributed by atoms with Gasteiger partial charge in [-0.25, -0.2) is 0 Å². The first-order chi connectivity index (χ1) is 14.3. The summed E-state index contributed by atoms with van der Waals surface area (Å²) in [5.74, 6) is 0.890. The van der Waals surface area contributed by atoms with Crippen LogP contribution in [0.4, 0.5) is 0 Å². The highest BCUT2D eigenvalue weighted by atomic mass is 32.2. The maximum absolute atomic E-state index is 5.27. The average molecular weight is 401 g/mol. The Morgan fingerprint density at radius 1 is 0.793 bits per heavy atom. The second-order valence-electron chi connectivity index (χ2n) is 7.15. The molecule has 0 saturated carbocycles. The van der Waals surface area contributed by atoms with Crippen molar-refractivity contribution in [3.63, 3.8) is 0 Å². The number of methoxy groups -OCH3 is 1. The van der Waals surface area contributed by atoms with Crippen molar-refractivity contribution in [1.29, 1.82) is 0 Å². The van der Waals surface area contributed by atoms with Crippen molar-refractivity contribution in [1.82, 2.24) is 0 Å². The van der Waals surface area contributed by atoms with Crippen molar-refractivity contribution in [2.75, 3.05) is 7.11 Å². The summed E-state index contributed by atoms with van der Waals surface area (Å²) in [6, 6.07) is 30.0. The lowest BCUT2D eigenvalue weighted by Gasteiger charge is -2.07. The molecule has 29 heavy (non-hydrogen) atoms. The highest BCUT2D eigenvalue weighted by Gasteiger charge is 2.12. The van der Waals surface area contributed by atoms with E-state index in [9.17, 15) is 0 Å². The van der Waals surface area contributed by atoms with Gasteiger partial charge >= 0.3 is 0 Å². The van der Waals surface area contributed by atoms with Gasteiger partial charge in [0, 0.05) is 22.8 Å². The predicted octanol–water partition coefficient (Wildman–Crippen LogP) is 6.31. The van der Waals surface area contributed by atoms with E-state index in [4.69, 9.17) is 4.74 Å². The summed E-state index contributed by atoms with van der Waals surface area (Å²) in [7, 11) is 1.70. The third-order valence-electron chi connectivity index (χ3n) is 5.08. The van der Waals surface area contributed by atoms with Gasteiger partial charge in [0.25, 0.3) is 0 Å². The molecule has 1 heterocycles. The number of pyridine rings is 1. The Hall–Kier alpha value is -2.78. The van der Waals surface area contributed by atoms with Crippen LogP contribution in [0.1, 0.15) is 18.4 Å². The summed E-state index contributed by atoms with van der Waals surface area (Å²) in [5, 5.41) is 1.29. The Morgan fingerprint density at radius 3 is 2.34 bits per heavy atom. The van der Waals surface area contributed by atoms with Crippen LogP contribution < -0.4 is 9.30 Å². The van der Waals surface area contributed by atoms with Crippen LogP contribution in [-0.4, -0.2) is 7.11 Å². The molecule has 0 unspecified atom stereocenters. The molecule has 0 atom stereocenters. The third-order valence-corrected chi connectivity index (χ3v) is 6.05. The fourth-order valence-corrected chi connectivity index (χ4v) is 4.47. The molecule has 0 radical (unpaired) electrons. The van der Waals surface area contributed by atoms with Gasteiger partial charge in [-0.2, -0.15) is 4.57 Å². The van der Waals surface area contributed by atoms with Crippen molar-refractivity contribution >= 4 is 22.7 Å². The number of aromatic nitrogens is 1. The maximum Gasteiger partial charge on any atom is 0.212 e. The number of rotatable bonds is 8. The maximum atomic E-state index is 5.27. The van der Waals surface area contributed by atoms with E-state index in [-0.39, 0.29) is 0 Å². The number of aryl methyl sites for hydroxylation is 2. The number of ether oxygens (including phenoxy) is 1. The molecule has 0 aliphatic carbocycles. The van der Waals surface area contributed by atoms with Crippen molar-refractivity contribution < 1.29 is 9.30 Å². The lowest BCUT2D eigenvalue weighted by atomic mass is 10.1. The Morgan fingerprint density at radius 2 is 1.55 bits per heavy atom. The van der Waals surface area contributed by atoms with E-state index in [0.29, 0.717) is 0 Å². The summed E-state index contributed by atoms with van der Waals surface area (Å²) >= 11 is 1.80. The van der Waals surface area contributed by atoms with Crippen molar-refractivity contribution in [3.8, 4) is 5.75 Å². The summed E-state index contributed by atoms with van der Waals surface area (Å²) in [6.45, 7) is 1.03. The molecule has 0 aliphatic heterocycles. The third kappa shape index (κ3) is 5.18. The van der Waals surface area contributed by atoms with Crippen LogP contribution in [0.3, 0.4) is 0 Å². The van der Waals surface area contributed by atoms with E-state index in [1.165, 1.54) is 39.1 Å². The molecule has 0 fully saturated rings. The minimum Gasteiger partial charge on any atom is -0.497 e. The lowest BCUT2D eigenvalue weighted by molar-refractivity contribution is -0.673. The number of nitrogens with zero attached hydrogens (tertiary/aromatic N) is 1. The van der Waals surface area contributed by atoms with Gasteiger partial charge in [-0.05, 0) is 54.8 Å². The molecule has 0 aliphatic rings. The Labute approximate surface area is 177 Å². The minimum absolute atomic E-state index is 0.890. The molecule has 0 saturated heterocycles. The Kier molecular flexibility index (Phi) is 6.48. The molecule has 3 heteroatoms. The van der Waals surface area contributed by atoms with E-state index >= 15 is 0 Å². The van der Waals surface area contributed by atoms with E-state index in [1.807, 2.05) is 12.1 Å². The summed E-state index contributed by atoms with van der Waals surface area (Å²) in [4.78, 5) is 2.48. The highest BCUT2D eigenvalue weighted by Crippen LogP contribution is 2.30. The van der Waals surface area contributed by atoms with Gasteiger partial charge in [-0.15, -0.1) is 0 Å². The van der Waals surface area contributed by atoms with Gasteiger partial charge in [0.05, 0.1) is 12.0 Å². The first-order valence-electron chi connectivity index (χ1n) is 10.1. The zero-order chi connectivity index (χ0) is 19.9. The molecular weight excluding hydrogens is 374 g/mol. The second-order valence-corrected chi connectivity index (χ2v) is 8.30. The van der Waals surface area contributed by atoms with Crippen LogP contribution in [0.15, 0.2) is 101 Å². The fraction of sp³-hybridized carbons (Fsp3) is 0.192. The van der Waals surface area contributed by atoms with E-state index in [0.717, 1.165) is 18.7 Å². The smallest absolute Gasteiger partial charge is 0.212 e. The summed E-state index contributed by atoms with van der Waals surface area (Å²) < 4.78 is 7.68. The summed E-state index contributed by atoms with van der Waals surface area (Å²) in [5.41, 5.74) is 2.72. The van der Waals surface area contributed by atoms with Gasteiger partial charge in [-0.1, -0.05) is 54.2 Å². The SMILES string of the molecule is COc1ccc(Sc2cc3ccccc3[n+](CCCCc3ccccc3)c2)cc1. The number of fused-ring (bicyclic) bond motifs is 1. The molecule has 2 nitrogen and oxygen atoms in total. The quantitative estimate of drug-likeness (QED) is 0.254. The van der Waals surface area contributed by atoms with Crippen molar-refractivity contribution in [2.45, 2.75) is 35.6 Å². The molecule has 146 valence electrons. The number of para-hydroxylation sites is 1. The van der Waals surface area contributed by atoms with Crippen LogP contribution in [0.2, 0.25) is 0 Å². The molecule has 0 N–H and O–H groups in total. The number of hydrogen-bond acceptors (Lipinski definition) is 2. The van der Waals surface area contributed by atoms with E-state index in [2.05, 4.69) is 83.6 Å². The zero-order valence-corrected chi connectivity index (χ0v) is 17.6. The molecule has 4 aromatic rings. The first kappa shape index (κ1) is 19.5. The van der Waals surface area contributed by atoms with Crippen LogP contribution in [-0.2, 0) is 13.0 Å². The number of hydrogen-bond donors (Lipinski definition) is 0. The molecule has 0 bridgehead atoms. The number of benzene rings is 3. The molecule has 1 aromatic heterocycles. The second kappa shape index (κ2) is 9.62. The van der Waals surface area contributed by atoms with Gasteiger partial charge in [-0.3, -0.25) is 0 Å². The molecule has 0 amide bonds. The van der Waals surface area contributed by atoms with Gasteiger partial charge in [0.2, 0.25) is 5.52 Å². The standard InChI is InChI=1S/C26H26NOS/c1-28-23-14-16-24(17-15-23)29-25-19-22-12-5-6-13-26(22)27(20-25)18-8-7-11-21-9-3-2-4-10-21/h2-6,9-10,12-17,19-20H,7-8,11,18H2,1H3/q+1. The predicted molar refractivity (Wildman–Crippen MR) is 121 cm³/mol. The van der Waals surface area contributed by atoms with E-state index in [1.54, 1.807) is 18.9 Å². The van der Waals surface area contributed by atoms with Gasteiger partial charge in [0.1, 0.15) is 12.3 Å². The molecular formula is C26H26NOS+. The largest absolute Gasteiger partial charge is 0.497 e. The first-order valence-corrected chi connectivity index (χ1v) is 10.9. The normalized spacial score (nSPS) is 10.9.